The van der Waals surface area contributed by atoms with Gasteiger partial charge >= 0.3 is 0 Å². The quantitative estimate of drug-likeness (QED) is 0.320. The van der Waals surface area contributed by atoms with Gasteiger partial charge in [-0.3, -0.25) is 0 Å². The number of aliphatic imine (C=N–C) groups is 1. The smallest absolute Gasteiger partial charge is 0.235 e. The molecule has 0 fully saturated rings. The monoisotopic (exact) mass is 193 g/mol. The lowest BCUT2D eigenvalue weighted by molar-refractivity contribution is 0.157. The van der Waals surface area contributed by atoms with Crippen LogP contribution in [0, 0.1) is 0 Å². The molecular formula is C6H11NO4S. The van der Waals surface area contributed by atoms with E-state index in [0.29, 0.717) is 0 Å². The Morgan fingerprint density at radius 2 is 2.08 bits per heavy atom. The summed E-state index contributed by atoms with van der Waals surface area (Å²) in [5.74, 6) is -0.00218. The second kappa shape index (κ2) is 5.88. The number of isocyanates is 1. The zero-order valence-electron chi connectivity index (χ0n) is 6.82. The van der Waals surface area contributed by atoms with Crippen LogP contribution in [0.1, 0.15) is 0 Å². The topological polar surface area (TPSA) is 72.8 Å². The van der Waals surface area contributed by atoms with Gasteiger partial charge in [-0.25, -0.2) is 18.2 Å². The lowest BCUT2D eigenvalue weighted by Crippen LogP contribution is -2.11. The Hall–Kier alpha value is -0.710. The molecule has 0 rings (SSSR count). The van der Waals surface area contributed by atoms with Gasteiger partial charge in [0.1, 0.15) is 9.84 Å². The molecule has 0 saturated carbocycles. The van der Waals surface area contributed by atoms with E-state index in [9.17, 15) is 13.2 Å². The first kappa shape index (κ1) is 11.3. The van der Waals surface area contributed by atoms with Crippen molar-refractivity contribution in [3.05, 3.63) is 0 Å². The molecule has 12 heavy (non-hydrogen) atoms. The molecule has 0 atom stereocenters. The van der Waals surface area contributed by atoms with E-state index < -0.39 is 9.84 Å². The van der Waals surface area contributed by atoms with Gasteiger partial charge in [-0.05, 0) is 0 Å². The Morgan fingerprint density at radius 1 is 1.42 bits per heavy atom. The Morgan fingerprint density at radius 3 is 2.58 bits per heavy atom. The van der Waals surface area contributed by atoms with Crippen molar-refractivity contribution in [2.24, 2.45) is 4.99 Å². The molecule has 0 aromatic heterocycles. The number of ether oxygens (including phenoxy) is 1. The van der Waals surface area contributed by atoms with Gasteiger partial charge in [0.15, 0.2) is 0 Å². The van der Waals surface area contributed by atoms with E-state index in [1.807, 2.05) is 0 Å². The second-order valence-corrected chi connectivity index (χ2v) is 4.48. The predicted molar refractivity (Wildman–Crippen MR) is 43.5 cm³/mol. The minimum atomic E-state index is -2.95. The zero-order valence-corrected chi connectivity index (χ0v) is 7.63. The van der Waals surface area contributed by atoms with Crippen LogP contribution in [0.2, 0.25) is 0 Å². The molecule has 0 aromatic rings. The third kappa shape index (κ3) is 9.29. The number of sulfone groups is 1. The van der Waals surface area contributed by atoms with Crippen molar-refractivity contribution in [2.45, 2.75) is 0 Å². The maximum atomic E-state index is 10.6. The van der Waals surface area contributed by atoms with Crippen molar-refractivity contribution in [1.82, 2.24) is 0 Å². The Balaban J connectivity index is 3.28. The van der Waals surface area contributed by atoms with Crippen LogP contribution in [0.25, 0.3) is 0 Å². The van der Waals surface area contributed by atoms with E-state index in [-0.39, 0.29) is 25.5 Å². The molecule has 0 bridgehead atoms. The second-order valence-electron chi connectivity index (χ2n) is 2.22. The van der Waals surface area contributed by atoms with E-state index in [0.717, 1.165) is 6.26 Å². The minimum Gasteiger partial charge on any atom is -0.378 e. The van der Waals surface area contributed by atoms with Gasteiger partial charge in [0.25, 0.3) is 0 Å². The molecule has 0 amide bonds. The lowest BCUT2D eigenvalue weighted by atomic mass is 10.7. The van der Waals surface area contributed by atoms with Gasteiger partial charge in [-0.1, -0.05) is 0 Å². The van der Waals surface area contributed by atoms with Crippen LogP contribution in [-0.2, 0) is 19.4 Å². The number of hydrogen-bond acceptors (Lipinski definition) is 5. The molecular weight excluding hydrogens is 182 g/mol. The van der Waals surface area contributed by atoms with Crippen molar-refractivity contribution < 1.29 is 17.9 Å². The standard InChI is InChI=1S/C6H11NO4S/c1-12(9,10)5-4-11-3-2-7-6-8/h2-5H2,1H3. The molecule has 0 saturated heterocycles. The Kier molecular flexibility index (Phi) is 5.53. The Bertz CT molecular complexity index is 253. The fourth-order valence-electron chi connectivity index (χ4n) is 0.468. The molecule has 0 aliphatic carbocycles. The van der Waals surface area contributed by atoms with E-state index in [2.05, 4.69) is 4.99 Å². The summed E-state index contributed by atoms with van der Waals surface area (Å²) in [6.07, 6.45) is 2.49. The van der Waals surface area contributed by atoms with Gasteiger partial charge in [0, 0.05) is 6.26 Å². The van der Waals surface area contributed by atoms with Gasteiger partial charge in [-0.2, -0.15) is 0 Å². The first-order chi connectivity index (χ1) is 5.56. The number of rotatable bonds is 6. The summed E-state index contributed by atoms with van der Waals surface area (Å²) in [4.78, 5) is 12.8. The summed E-state index contributed by atoms with van der Waals surface area (Å²) in [7, 11) is -2.95. The molecule has 0 unspecified atom stereocenters. The average Bonchev–Trinajstić information content (AvgIpc) is 1.94. The number of carbonyl (C=O) groups excluding carboxylic acids is 1. The van der Waals surface area contributed by atoms with Gasteiger partial charge < -0.3 is 4.74 Å². The highest BCUT2D eigenvalue weighted by molar-refractivity contribution is 7.90. The molecule has 70 valence electrons. The first-order valence-electron chi connectivity index (χ1n) is 3.35. The molecule has 0 aliphatic rings. The highest BCUT2D eigenvalue weighted by Crippen LogP contribution is 1.83. The van der Waals surface area contributed by atoms with Crippen LogP contribution < -0.4 is 0 Å². The number of hydrogen-bond donors (Lipinski definition) is 0. The van der Waals surface area contributed by atoms with Crippen molar-refractivity contribution in [3.63, 3.8) is 0 Å². The highest BCUT2D eigenvalue weighted by Gasteiger charge is 2.00. The first-order valence-corrected chi connectivity index (χ1v) is 5.41. The fraction of sp³-hybridized carbons (Fsp3) is 0.833. The van der Waals surface area contributed by atoms with E-state index in [1.54, 1.807) is 0 Å². The van der Waals surface area contributed by atoms with E-state index >= 15 is 0 Å². The lowest BCUT2D eigenvalue weighted by Gasteiger charge is -1.99. The van der Waals surface area contributed by atoms with Gasteiger partial charge in [-0.15, -0.1) is 0 Å². The maximum Gasteiger partial charge on any atom is 0.235 e. The highest BCUT2D eigenvalue weighted by atomic mass is 32.2. The van der Waals surface area contributed by atoms with Crippen LogP contribution in [0.15, 0.2) is 4.99 Å². The van der Waals surface area contributed by atoms with E-state index in [4.69, 9.17) is 4.74 Å². The summed E-state index contributed by atoms with van der Waals surface area (Å²) >= 11 is 0. The third-order valence-corrected chi connectivity index (χ3v) is 1.92. The summed E-state index contributed by atoms with van der Waals surface area (Å²) in [5.41, 5.74) is 0. The molecule has 6 heteroatoms. The summed E-state index contributed by atoms with van der Waals surface area (Å²) in [5, 5.41) is 0. The maximum absolute atomic E-state index is 10.6. The largest absolute Gasteiger partial charge is 0.378 e. The molecule has 0 aromatic carbocycles. The molecule has 0 aliphatic heterocycles. The van der Waals surface area contributed by atoms with Crippen molar-refractivity contribution >= 4 is 15.9 Å². The van der Waals surface area contributed by atoms with Crippen molar-refractivity contribution in [3.8, 4) is 0 Å². The van der Waals surface area contributed by atoms with Crippen LogP contribution >= 0.6 is 0 Å². The predicted octanol–water partition coefficient (Wildman–Crippen LogP) is -0.617. The number of nitrogens with zero attached hydrogens (tertiary/aromatic N) is 1. The summed E-state index contributed by atoms with van der Waals surface area (Å²) in [6.45, 7) is 0.630. The average molecular weight is 193 g/mol. The normalized spacial score (nSPS) is 10.8. The van der Waals surface area contributed by atoms with Crippen LogP contribution in [0.4, 0.5) is 0 Å². The van der Waals surface area contributed by atoms with E-state index in [1.165, 1.54) is 6.08 Å². The van der Waals surface area contributed by atoms with Crippen LogP contribution in [0.3, 0.4) is 0 Å². The fourth-order valence-corrected chi connectivity index (χ4v) is 0.889. The van der Waals surface area contributed by atoms with Crippen LogP contribution in [-0.4, -0.2) is 46.3 Å². The summed E-state index contributed by atoms with van der Waals surface area (Å²) in [6, 6.07) is 0. The van der Waals surface area contributed by atoms with Gasteiger partial charge in [0.05, 0.1) is 25.5 Å². The molecule has 5 nitrogen and oxygen atoms in total. The Labute approximate surface area is 71.4 Å². The molecule has 0 N–H and O–H groups in total. The van der Waals surface area contributed by atoms with Crippen LogP contribution in [0.5, 0.6) is 0 Å². The zero-order chi connectivity index (χ0) is 9.45. The molecule has 0 heterocycles. The molecule has 0 radical (unpaired) electrons. The molecule has 0 spiro atoms. The SMILES string of the molecule is CS(=O)(=O)CCOCCN=C=O. The van der Waals surface area contributed by atoms with Gasteiger partial charge in [0.2, 0.25) is 6.08 Å². The van der Waals surface area contributed by atoms with Crippen molar-refractivity contribution in [2.75, 3.05) is 31.8 Å². The third-order valence-electron chi connectivity index (χ3n) is 1.01. The summed E-state index contributed by atoms with van der Waals surface area (Å²) < 4.78 is 26.0. The van der Waals surface area contributed by atoms with Crippen molar-refractivity contribution in [1.29, 1.82) is 0 Å². The minimum absolute atomic E-state index is 0.00218.